The third kappa shape index (κ3) is 6.00. The van der Waals surface area contributed by atoms with Gasteiger partial charge in [0.1, 0.15) is 0 Å². The number of rotatable bonds is 8. The first-order chi connectivity index (χ1) is 18.4. The summed E-state index contributed by atoms with van der Waals surface area (Å²) in [5.74, 6) is -0.140. The van der Waals surface area contributed by atoms with Gasteiger partial charge in [-0.1, -0.05) is 66.0 Å². The first-order valence-corrected chi connectivity index (χ1v) is 14.1. The van der Waals surface area contributed by atoms with Crippen LogP contribution in [-0.2, 0) is 6.54 Å². The number of Topliss-reactive ketones (excluding diaryl/α,β-unsaturated/α-hetero) is 1. The van der Waals surface area contributed by atoms with E-state index in [9.17, 15) is 14.4 Å². The molecule has 1 aromatic heterocycles. The number of thioether (sulfide) groups is 1. The maximum Gasteiger partial charge on any atom is 0.262 e. The van der Waals surface area contributed by atoms with Crippen LogP contribution in [0.1, 0.15) is 57.5 Å². The summed E-state index contributed by atoms with van der Waals surface area (Å²) >= 11 is 7.17. The van der Waals surface area contributed by atoms with E-state index in [1.807, 2.05) is 31.2 Å². The predicted octanol–water partition coefficient (Wildman–Crippen LogP) is 6.05. The molecule has 0 radical (unpaired) electrons. The van der Waals surface area contributed by atoms with Crippen molar-refractivity contribution in [2.75, 3.05) is 5.75 Å². The number of ketones is 1. The van der Waals surface area contributed by atoms with Crippen LogP contribution in [-0.4, -0.2) is 33.0 Å². The van der Waals surface area contributed by atoms with E-state index in [1.165, 1.54) is 11.8 Å². The second kappa shape index (κ2) is 11.5. The Bertz CT molecular complexity index is 1540. The van der Waals surface area contributed by atoms with Gasteiger partial charge in [0, 0.05) is 22.2 Å². The Morgan fingerprint density at radius 3 is 2.39 bits per heavy atom. The topological polar surface area (TPSA) is 81.1 Å². The number of nitrogens with one attached hydrogen (secondary N) is 1. The Balaban J connectivity index is 1.48. The molecule has 1 heterocycles. The molecule has 0 saturated heterocycles. The normalized spacial score (nSPS) is 13.6. The number of aryl methyl sites for hydroxylation is 1. The number of aromatic nitrogens is 2. The van der Waals surface area contributed by atoms with E-state index in [0.717, 1.165) is 36.8 Å². The van der Waals surface area contributed by atoms with Gasteiger partial charge in [-0.2, -0.15) is 0 Å². The van der Waals surface area contributed by atoms with Crippen LogP contribution in [0, 0.1) is 6.92 Å². The van der Waals surface area contributed by atoms with Gasteiger partial charge in [-0.3, -0.25) is 19.0 Å². The summed E-state index contributed by atoms with van der Waals surface area (Å²) in [6.45, 7) is 2.33. The van der Waals surface area contributed by atoms with E-state index in [4.69, 9.17) is 16.6 Å². The number of hydrogen-bond acceptors (Lipinski definition) is 5. The summed E-state index contributed by atoms with van der Waals surface area (Å²) in [6, 6.07) is 19.9. The maximum absolute atomic E-state index is 13.6. The van der Waals surface area contributed by atoms with Crippen molar-refractivity contribution in [3.05, 3.63) is 104 Å². The van der Waals surface area contributed by atoms with Gasteiger partial charge in [-0.15, -0.1) is 0 Å². The Kier molecular flexibility index (Phi) is 7.95. The van der Waals surface area contributed by atoms with Crippen molar-refractivity contribution in [2.24, 2.45) is 0 Å². The van der Waals surface area contributed by atoms with E-state index >= 15 is 0 Å². The summed E-state index contributed by atoms with van der Waals surface area (Å²) in [5, 5.41) is 4.51. The highest BCUT2D eigenvalue weighted by Gasteiger charge is 2.20. The molecule has 1 aliphatic rings. The fourth-order valence-corrected chi connectivity index (χ4v) is 5.67. The summed E-state index contributed by atoms with van der Waals surface area (Å²) in [7, 11) is 0. The zero-order valence-electron chi connectivity index (χ0n) is 21.1. The molecule has 1 fully saturated rings. The number of carbonyl (C=O) groups is 2. The molecule has 1 aliphatic carbocycles. The van der Waals surface area contributed by atoms with Crippen molar-refractivity contribution in [2.45, 2.75) is 50.4 Å². The molecule has 0 bridgehead atoms. The number of fused-ring (bicyclic) bond motifs is 1. The molecule has 1 amide bonds. The van der Waals surface area contributed by atoms with Gasteiger partial charge in [0.25, 0.3) is 11.5 Å². The van der Waals surface area contributed by atoms with Gasteiger partial charge in [0.15, 0.2) is 10.9 Å². The monoisotopic (exact) mass is 545 g/mol. The lowest BCUT2D eigenvalue weighted by Crippen LogP contribution is -2.32. The molecule has 3 aromatic carbocycles. The second-order valence-corrected chi connectivity index (χ2v) is 11.1. The number of nitrogens with zero attached hydrogens (tertiary/aromatic N) is 2. The van der Waals surface area contributed by atoms with Crippen LogP contribution in [0.2, 0.25) is 5.02 Å². The van der Waals surface area contributed by atoms with E-state index in [2.05, 4.69) is 5.32 Å². The van der Waals surface area contributed by atoms with Crippen molar-refractivity contribution < 1.29 is 9.59 Å². The van der Waals surface area contributed by atoms with Crippen molar-refractivity contribution in [1.82, 2.24) is 14.9 Å². The first kappa shape index (κ1) is 26.2. The van der Waals surface area contributed by atoms with Gasteiger partial charge in [0.2, 0.25) is 0 Å². The molecule has 194 valence electrons. The second-order valence-electron chi connectivity index (χ2n) is 9.68. The van der Waals surface area contributed by atoms with Crippen LogP contribution in [0.25, 0.3) is 10.9 Å². The molecule has 0 aliphatic heterocycles. The minimum Gasteiger partial charge on any atom is -0.349 e. The number of hydrogen-bond donors (Lipinski definition) is 1. The lowest BCUT2D eigenvalue weighted by Gasteiger charge is -2.15. The highest BCUT2D eigenvalue weighted by atomic mass is 35.5. The number of amides is 1. The van der Waals surface area contributed by atoms with Crippen LogP contribution >= 0.6 is 23.4 Å². The Morgan fingerprint density at radius 1 is 1.00 bits per heavy atom. The smallest absolute Gasteiger partial charge is 0.262 e. The molecular formula is C30H28ClN3O3S. The minimum absolute atomic E-state index is 0.0902. The van der Waals surface area contributed by atoms with Gasteiger partial charge in [-0.05, 0) is 67.8 Å². The molecule has 0 spiro atoms. The Morgan fingerprint density at radius 2 is 1.68 bits per heavy atom. The quantitative estimate of drug-likeness (QED) is 0.165. The zero-order chi connectivity index (χ0) is 26.6. The largest absolute Gasteiger partial charge is 0.349 e. The van der Waals surface area contributed by atoms with E-state index < -0.39 is 0 Å². The molecule has 1 saturated carbocycles. The van der Waals surface area contributed by atoms with Crippen LogP contribution in [0.4, 0.5) is 0 Å². The Hall–Kier alpha value is -3.42. The molecule has 0 unspecified atom stereocenters. The minimum atomic E-state index is -0.209. The summed E-state index contributed by atoms with van der Waals surface area (Å²) in [4.78, 5) is 44.1. The summed E-state index contributed by atoms with van der Waals surface area (Å²) in [6.07, 6.45) is 4.23. The third-order valence-electron chi connectivity index (χ3n) is 6.83. The SMILES string of the molecule is Cc1ccc(Cn2c(SCC(=O)c3ccc(Cl)cc3)nc3cc(C(=O)NC4CCCC4)ccc3c2=O)cc1. The summed E-state index contributed by atoms with van der Waals surface area (Å²) < 4.78 is 1.60. The van der Waals surface area contributed by atoms with Crippen molar-refractivity contribution in [1.29, 1.82) is 0 Å². The third-order valence-corrected chi connectivity index (χ3v) is 8.06. The van der Waals surface area contributed by atoms with E-state index in [-0.39, 0.29) is 29.0 Å². The standard InChI is InChI=1S/C30H28ClN3O3S/c1-19-6-8-20(9-7-19)17-34-29(37)25-15-12-22(28(36)32-24-4-2-3-5-24)16-26(25)33-30(34)38-18-27(35)21-10-13-23(31)14-11-21/h6-16,24H,2-5,17-18H2,1H3,(H,32,36). The van der Waals surface area contributed by atoms with Crippen LogP contribution in [0.15, 0.2) is 76.7 Å². The fourth-order valence-electron chi connectivity index (χ4n) is 4.66. The van der Waals surface area contributed by atoms with Crippen molar-refractivity contribution in [3.63, 3.8) is 0 Å². The van der Waals surface area contributed by atoms with Crippen LogP contribution in [0.3, 0.4) is 0 Å². The molecule has 0 atom stereocenters. The molecule has 4 aromatic rings. The highest BCUT2D eigenvalue weighted by molar-refractivity contribution is 7.99. The first-order valence-electron chi connectivity index (χ1n) is 12.7. The van der Waals surface area contributed by atoms with Gasteiger partial charge >= 0.3 is 0 Å². The number of carbonyl (C=O) groups excluding carboxylic acids is 2. The maximum atomic E-state index is 13.6. The van der Waals surface area contributed by atoms with Gasteiger partial charge in [-0.25, -0.2) is 4.98 Å². The highest BCUT2D eigenvalue weighted by Crippen LogP contribution is 2.23. The zero-order valence-corrected chi connectivity index (χ0v) is 22.6. The van der Waals surface area contributed by atoms with Crippen molar-refractivity contribution >= 4 is 46.0 Å². The van der Waals surface area contributed by atoms with Crippen molar-refractivity contribution in [3.8, 4) is 0 Å². The molecule has 38 heavy (non-hydrogen) atoms. The molecular weight excluding hydrogens is 518 g/mol. The Labute approximate surface area is 230 Å². The van der Waals surface area contributed by atoms with E-state index in [1.54, 1.807) is 47.0 Å². The average molecular weight is 546 g/mol. The predicted molar refractivity (Wildman–Crippen MR) is 153 cm³/mol. The summed E-state index contributed by atoms with van der Waals surface area (Å²) in [5.41, 5.74) is 3.33. The van der Waals surface area contributed by atoms with Crippen LogP contribution in [0.5, 0.6) is 0 Å². The van der Waals surface area contributed by atoms with Gasteiger partial charge in [0.05, 0.1) is 23.2 Å². The molecule has 8 heteroatoms. The molecule has 1 N–H and O–H groups in total. The lowest BCUT2D eigenvalue weighted by molar-refractivity contribution is 0.0937. The van der Waals surface area contributed by atoms with E-state index in [0.29, 0.717) is 38.8 Å². The van der Waals surface area contributed by atoms with Gasteiger partial charge < -0.3 is 5.32 Å². The average Bonchev–Trinajstić information content (AvgIpc) is 3.43. The lowest BCUT2D eigenvalue weighted by atomic mass is 10.1. The van der Waals surface area contributed by atoms with Crippen LogP contribution < -0.4 is 10.9 Å². The number of halogens is 1. The number of benzene rings is 3. The molecule has 6 nitrogen and oxygen atoms in total. The fraction of sp³-hybridized carbons (Fsp3) is 0.267. The molecule has 5 rings (SSSR count).